The van der Waals surface area contributed by atoms with E-state index in [1.54, 1.807) is 0 Å². The molecular weight excluding hydrogens is 1060 g/mol. The fourth-order valence-electron chi connectivity index (χ4n) is 10.1. The average Bonchev–Trinajstić information content (AvgIpc) is 4.17. The topological polar surface area (TPSA) is 66.1 Å². The van der Waals surface area contributed by atoms with Crippen LogP contribution in [0.2, 0.25) is 0 Å². The third-order valence-electron chi connectivity index (χ3n) is 13.4. The predicted molar refractivity (Wildman–Crippen MR) is 322 cm³/mol. The van der Waals surface area contributed by atoms with E-state index in [4.69, 9.17) is 12.3 Å². The molecule has 369 valence electrons. The summed E-state index contributed by atoms with van der Waals surface area (Å²) in [6.07, 6.45) is 0. The Hall–Kier alpha value is -7.26. The second kappa shape index (κ2) is 23.3. The molecule has 0 amide bonds. The number of fused-ring (bicyclic) bond motifs is 6. The van der Waals surface area contributed by atoms with Crippen LogP contribution in [0.25, 0.3) is 55.2 Å². The largest absolute Gasteiger partial charge is 0.456 e. The van der Waals surface area contributed by atoms with Gasteiger partial charge in [-0.1, -0.05) is 232 Å². The number of ether oxygens (including phenoxy) is 1. The van der Waals surface area contributed by atoms with Gasteiger partial charge in [0.2, 0.25) is 0 Å². The van der Waals surface area contributed by atoms with E-state index in [1.165, 1.54) is 43.6 Å². The fraction of sp³-hybridized carbons (Fsp3) is 0.0152. The van der Waals surface area contributed by atoms with Gasteiger partial charge < -0.3 is 13.9 Å². The van der Waals surface area contributed by atoms with E-state index in [9.17, 15) is 0 Å². The molecule has 0 N–H and O–H groups in total. The molecule has 0 aliphatic rings. The summed E-state index contributed by atoms with van der Waals surface area (Å²) < 4.78 is 53.5. The number of nitrogens with zero attached hydrogens (tertiary/aromatic N) is 3. The van der Waals surface area contributed by atoms with Gasteiger partial charge in [-0.25, -0.2) is 4.98 Å². The van der Waals surface area contributed by atoms with Crippen molar-refractivity contribution < 1.29 is 46.6 Å². The molecular formula is C66H54N3O3P3Y. The van der Waals surface area contributed by atoms with E-state index in [-0.39, 0.29) is 40.1 Å². The average molecular weight is 1120 g/mol. The van der Waals surface area contributed by atoms with Crippen LogP contribution in [0.1, 0.15) is 7.43 Å². The van der Waals surface area contributed by atoms with Crippen molar-refractivity contribution in [3.63, 3.8) is 0 Å². The second-order valence-corrected chi connectivity index (χ2v) is 23.2. The summed E-state index contributed by atoms with van der Waals surface area (Å²) in [5.74, 6) is 2.76. The molecule has 13 rings (SSSR count). The smallest absolute Gasteiger partial charge is 0.174 e. The van der Waals surface area contributed by atoms with Crippen molar-refractivity contribution in [2.45, 2.75) is 7.43 Å². The molecule has 3 aromatic heterocycles. The van der Waals surface area contributed by atoms with Crippen LogP contribution in [0, 0.1) is 0 Å². The first-order valence-electron chi connectivity index (χ1n) is 25.3. The molecule has 0 saturated carbocycles. The first-order valence-corrected chi connectivity index (χ1v) is 27.7. The third kappa shape index (κ3) is 9.67. The number of benzene rings is 10. The number of para-hydroxylation sites is 6. The van der Waals surface area contributed by atoms with Crippen LogP contribution >= 0.6 is 24.1 Å². The van der Waals surface area contributed by atoms with E-state index in [1.807, 2.05) is 170 Å². The Kier molecular flexibility index (Phi) is 15.6. The van der Waals surface area contributed by atoms with E-state index >= 15 is 9.13 Å². The van der Waals surface area contributed by atoms with Gasteiger partial charge in [-0.15, -0.1) is 0 Å². The first kappa shape index (κ1) is 50.9. The Balaban J connectivity index is 0.000000180. The zero-order valence-corrected chi connectivity index (χ0v) is 46.3. The molecule has 10 aromatic carbocycles. The van der Waals surface area contributed by atoms with E-state index in [2.05, 4.69) is 124 Å². The second-order valence-electron chi connectivity index (χ2n) is 17.7. The molecule has 0 spiro atoms. The molecule has 0 aliphatic carbocycles. The quantitative estimate of drug-likeness (QED) is 0.128. The number of hydrogen-bond acceptors (Lipinski definition) is 4. The molecule has 0 bridgehead atoms. The van der Waals surface area contributed by atoms with Crippen molar-refractivity contribution in [3.8, 4) is 23.1 Å². The molecule has 0 saturated heterocycles. The minimum absolute atomic E-state index is 0. The fourth-order valence-corrected chi connectivity index (χ4v) is 15.7. The summed E-state index contributed by atoms with van der Waals surface area (Å²) in [5.41, 5.74) is 4.67. The zero-order valence-electron chi connectivity index (χ0n) is 42.7. The molecule has 0 aliphatic heterocycles. The number of pyridine rings is 1. The molecule has 3 heterocycles. The van der Waals surface area contributed by atoms with Gasteiger partial charge in [0.15, 0.2) is 14.3 Å². The van der Waals surface area contributed by atoms with Crippen LogP contribution in [0.5, 0.6) is 11.5 Å². The van der Waals surface area contributed by atoms with Crippen LogP contribution in [-0.2, 0) is 41.8 Å². The number of aromatic nitrogens is 3. The summed E-state index contributed by atoms with van der Waals surface area (Å²) in [6.45, 7) is 0. The molecule has 0 unspecified atom stereocenters. The van der Waals surface area contributed by atoms with Gasteiger partial charge in [0.1, 0.15) is 23.1 Å². The van der Waals surface area contributed by atoms with Crippen molar-refractivity contribution in [3.05, 3.63) is 285 Å². The maximum atomic E-state index is 15.2. The summed E-state index contributed by atoms with van der Waals surface area (Å²) in [5, 5.41) is 9.01. The molecule has 1 radical (unpaired) electrons. The summed E-state index contributed by atoms with van der Waals surface area (Å²) in [4.78, 5) is 5.18. The molecule has 13 aromatic rings. The van der Waals surface area contributed by atoms with Crippen LogP contribution < -0.4 is 36.6 Å². The van der Waals surface area contributed by atoms with Crippen LogP contribution in [0.4, 0.5) is 0 Å². The van der Waals surface area contributed by atoms with Crippen LogP contribution in [-0.4, -0.2) is 16.7 Å². The standard InChI is InChI=1S/C36H28O3P2.C29H19N3.CH4.H3P.Y/c37-40(29-17-5-1-6-18-29,30-19-7-2-8-20-30)35-27-15-13-25-33(35)39-34-26-14-16-28-36(34)41(38,31-21-9-3-10-22-31)32-23-11-4-12-24-32;1-5-14-24-20(10-1)21-11-2-6-15-25(21)31(24)28-18-9-19-29(30-28)32-26-16-7-3-12-22(26)23-13-4-8-17-27(23)32;;;/h1-28H;1-19H;1H4;1H3;/i;;;1D2;. The van der Waals surface area contributed by atoms with E-state index in [0.29, 0.717) is 22.1 Å². The Morgan fingerprint density at radius 1 is 0.342 bits per heavy atom. The predicted octanol–water partition coefficient (Wildman–Crippen LogP) is 14.7. The summed E-state index contributed by atoms with van der Waals surface area (Å²) in [6, 6.07) is 93.5. The van der Waals surface area contributed by atoms with E-state index < -0.39 is 24.1 Å². The van der Waals surface area contributed by atoms with Crippen LogP contribution in [0.3, 0.4) is 0 Å². The van der Waals surface area contributed by atoms with Crippen molar-refractivity contribution in [1.82, 2.24) is 14.1 Å². The Bertz CT molecular complexity index is 3780. The van der Waals surface area contributed by atoms with Crippen molar-refractivity contribution >= 4 is 99.5 Å². The first-order chi connectivity index (χ1) is 37.4. The molecule has 76 heavy (non-hydrogen) atoms. The maximum Gasteiger partial charge on any atom is 0.174 e. The van der Waals surface area contributed by atoms with Crippen molar-refractivity contribution in [2.24, 2.45) is 0 Å². The Morgan fingerprint density at radius 3 is 0.895 bits per heavy atom. The Morgan fingerprint density at radius 2 is 0.592 bits per heavy atom. The molecule has 10 heteroatoms. The van der Waals surface area contributed by atoms with Gasteiger partial charge in [0.25, 0.3) is 0 Å². The van der Waals surface area contributed by atoms with Gasteiger partial charge in [-0.05, 0) is 60.7 Å². The van der Waals surface area contributed by atoms with Crippen molar-refractivity contribution in [2.75, 3.05) is 0 Å². The monoisotopic (exact) mass is 1120 g/mol. The van der Waals surface area contributed by atoms with Gasteiger partial charge in [-0.2, -0.15) is 9.79 Å². The number of hydrogen-bond donors (Lipinski definition) is 0. The zero-order chi connectivity index (χ0) is 51.9. The molecule has 0 fully saturated rings. The Labute approximate surface area is 474 Å². The van der Waals surface area contributed by atoms with Gasteiger partial charge in [0, 0.05) is 75.5 Å². The molecule has 0 atom stereocenters. The van der Waals surface area contributed by atoms with Crippen molar-refractivity contribution in [1.29, 1.82) is 2.56 Å². The molecule has 6 nitrogen and oxygen atoms in total. The van der Waals surface area contributed by atoms with Crippen LogP contribution in [0.15, 0.2) is 285 Å². The third-order valence-corrected chi connectivity index (χ3v) is 19.6. The van der Waals surface area contributed by atoms with Gasteiger partial charge in [-0.3, -0.25) is 9.13 Å². The normalized spacial score (nSPS) is 11.5. The summed E-state index contributed by atoms with van der Waals surface area (Å²) in [7, 11) is -7.05. The van der Waals surface area contributed by atoms with Gasteiger partial charge >= 0.3 is 0 Å². The van der Waals surface area contributed by atoms with E-state index in [0.717, 1.165) is 32.9 Å². The minimum Gasteiger partial charge on any atom is -0.456 e. The SMILES string of the molecule is C.O=P(c1ccccc1)(c1ccccc1)c1ccccc1Oc1ccccc1P(=O)(c1ccccc1)c1ccccc1.[2H]P[2H].[Y].c1cc(-n2c3ccccc3c3ccccc32)nc(-n2c3ccccc3c3ccccc32)c1. The maximum absolute atomic E-state index is 15.2. The van der Waals surface area contributed by atoms with Gasteiger partial charge in [0.05, 0.1) is 35.2 Å². The summed E-state index contributed by atoms with van der Waals surface area (Å²) >= 11 is 0. The minimum atomic E-state index is -3.32. The number of rotatable bonds is 10.